The van der Waals surface area contributed by atoms with Gasteiger partial charge in [-0.2, -0.15) is 0 Å². The molecule has 19 heavy (non-hydrogen) atoms. The van der Waals surface area contributed by atoms with Crippen molar-refractivity contribution in [3.63, 3.8) is 0 Å². The van der Waals surface area contributed by atoms with E-state index in [1.54, 1.807) is 12.4 Å². The Morgan fingerprint density at radius 1 is 1.42 bits per heavy atom. The van der Waals surface area contributed by atoms with Gasteiger partial charge in [-0.25, -0.2) is 14.6 Å². The first-order valence-corrected chi connectivity index (χ1v) is 6.37. The van der Waals surface area contributed by atoms with Gasteiger partial charge in [0.05, 0.1) is 6.04 Å². The molecule has 2 atom stereocenters. The second-order valence-corrected chi connectivity index (χ2v) is 4.23. The smallest absolute Gasteiger partial charge is 0.326 e. The molecule has 106 valence electrons. The van der Waals surface area contributed by atoms with Crippen molar-refractivity contribution in [2.75, 3.05) is 0 Å². The Bertz CT molecular complexity index is 405. The summed E-state index contributed by atoms with van der Waals surface area (Å²) in [4.78, 5) is 29.7. The Morgan fingerprint density at radius 3 is 2.63 bits per heavy atom. The first-order valence-electron chi connectivity index (χ1n) is 6.37. The molecule has 0 aliphatic carbocycles. The minimum atomic E-state index is -1.02. The van der Waals surface area contributed by atoms with Crippen LogP contribution in [0, 0.1) is 0 Å². The van der Waals surface area contributed by atoms with Crippen LogP contribution in [-0.4, -0.2) is 33.1 Å². The van der Waals surface area contributed by atoms with Crippen LogP contribution < -0.4 is 10.6 Å². The number of carbonyl (C=O) groups is 2. The number of rotatable bonds is 7. The predicted molar refractivity (Wildman–Crippen MR) is 69.6 cm³/mol. The topological polar surface area (TPSA) is 107 Å². The highest BCUT2D eigenvalue weighted by Crippen LogP contribution is 2.10. The molecule has 0 saturated heterocycles. The standard InChI is InChI=1S/C12H20N4O3/c1-3-5-9(11(17)18)16-12(19)15-8(4-2)10-13-6-7-14-10/h6-9H,3-5H2,1-2H3,(H,13,14)(H,17,18)(H2,15,16,19)/t8?,9-/m1/s1. The summed E-state index contributed by atoms with van der Waals surface area (Å²) in [7, 11) is 0. The van der Waals surface area contributed by atoms with Crippen molar-refractivity contribution in [1.29, 1.82) is 0 Å². The fraction of sp³-hybridized carbons (Fsp3) is 0.583. The van der Waals surface area contributed by atoms with Gasteiger partial charge in [0.1, 0.15) is 11.9 Å². The number of imidazole rings is 1. The third-order valence-corrected chi connectivity index (χ3v) is 2.74. The molecule has 1 heterocycles. The summed E-state index contributed by atoms with van der Waals surface area (Å²) in [5, 5.41) is 14.1. The highest BCUT2D eigenvalue weighted by Gasteiger charge is 2.21. The zero-order valence-electron chi connectivity index (χ0n) is 11.1. The largest absolute Gasteiger partial charge is 0.480 e. The molecule has 0 aliphatic rings. The number of carboxylic acids is 1. The Morgan fingerprint density at radius 2 is 2.16 bits per heavy atom. The van der Waals surface area contributed by atoms with E-state index in [4.69, 9.17) is 5.11 Å². The van der Waals surface area contributed by atoms with Crippen LogP contribution in [-0.2, 0) is 4.79 Å². The van der Waals surface area contributed by atoms with Crippen LogP contribution in [0.2, 0.25) is 0 Å². The van der Waals surface area contributed by atoms with Gasteiger partial charge in [0.2, 0.25) is 0 Å². The molecule has 2 amide bonds. The van der Waals surface area contributed by atoms with Crippen molar-refractivity contribution >= 4 is 12.0 Å². The highest BCUT2D eigenvalue weighted by atomic mass is 16.4. The lowest BCUT2D eigenvalue weighted by atomic mass is 10.2. The van der Waals surface area contributed by atoms with Crippen molar-refractivity contribution in [2.45, 2.75) is 45.2 Å². The first kappa shape index (κ1) is 15.0. The monoisotopic (exact) mass is 268 g/mol. The van der Waals surface area contributed by atoms with Crippen LogP contribution in [0.15, 0.2) is 12.4 Å². The number of hydrogen-bond acceptors (Lipinski definition) is 3. The van der Waals surface area contributed by atoms with E-state index in [1.807, 2.05) is 13.8 Å². The number of carbonyl (C=O) groups excluding carboxylic acids is 1. The maximum absolute atomic E-state index is 11.8. The summed E-state index contributed by atoms with van der Waals surface area (Å²) in [6.07, 6.45) is 5.03. The summed E-state index contributed by atoms with van der Waals surface area (Å²) in [6.45, 7) is 3.78. The second kappa shape index (κ2) is 7.40. The number of amides is 2. The maximum Gasteiger partial charge on any atom is 0.326 e. The molecule has 0 aliphatic heterocycles. The van der Waals surface area contributed by atoms with Crippen LogP contribution >= 0.6 is 0 Å². The molecule has 0 radical (unpaired) electrons. The Labute approximate surface area is 111 Å². The molecule has 1 aromatic rings. The molecule has 4 N–H and O–H groups in total. The molecular weight excluding hydrogens is 248 g/mol. The minimum Gasteiger partial charge on any atom is -0.480 e. The van der Waals surface area contributed by atoms with E-state index >= 15 is 0 Å². The number of aromatic nitrogens is 2. The molecule has 0 spiro atoms. The van der Waals surface area contributed by atoms with Gasteiger partial charge in [0.25, 0.3) is 0 Å². The van der Waals surface area contributed by atoms with E-state index in [9.17, 15) is 9.59 Å². The van der Waals surface area contributed by atoms with Crippen LogP contribution in [0.1, 0.15) is 45.0 Å². The van der Waals surface area contributed by atoms with E-state index in [0.29, 0.717) is 25.1 Å². The van der Waals surface area contributed by atoms with Gasteiger partial charge in [-0.3, -0.25) is 0 Å². The van der Waals surface area contributed by atoms with Crippen molar-refractivity contribution in [1.82, 2.24) is 20.6 Å². The lowest BCUT2D eigenvalue weighted by Crippen LogP contribution is -2.47. The van der Waals surface area contributed by atoms with Gasteiger partial charge in [-0.15, -0.1) is 0 Å². The highest BCUT2D eigenvalue weighted by molar-refractivity contribution is 5.82. The van der Waals surface area contributed by atoms with Gasteiger partial charge in [-0.1, -0.05) is 20.3 Å². The third-order valence-electron chi connectivity index (χ3n) is 2.74. The summed E-state index contributed by atoms with van der Waals surface area (Å²) in [6, 6.07) is -1.62. The molecule has 0 fully saturated rings. The average molecular weight is 268 g/mol. The van der Waals surface area contributed by atoms with E-state index in [-0.39, 0.29) is 6.04 Å². The minimum absolute atomic E-state index is 0.258. The van der Waals surface area contributed by atoms with E-state index in [2.05, 4.69) is 20.6 Å². The van der Waals surface area contributed by atoms with E-state index < -0.39 is 18.0 Å². The van der Waals surface area contributed by atoms with Crippen molar-refractivity contribution in [3.8, 4) is 0 Å². The lowest BCUT2D eigenvalue weighted by Gasteiger charge is -2.18. The summed E-state index contributed by atoms with van der Waals surface area (Å²) in [5.74, 6) is -0.372. The van der Waals surface area contributed by atoms with Gasteiger partial charge >= 0.3 is 12.0 Å². The van der Waals surface area contributed by atoms with Gasteiger partial charge in [0, 0.05) is 12.4 Å². The van der Waals surface area contributed by atoms with Crippen molar-refractivity contribution < 1.29 is 14.7 Å². The predicted octanol–water partition coefficient (Wildman–Crippen LogP) is 1.41. The van der Waals surface area contributed by atoms with E-state index in [0.717, 1.165) is 0 Å². The van der Waals surface area contributed by atoms with Gasteiger partial charge in [-0.05, 0) is 12.8 Å². The third kappa shape index (κ3) is 4.61. The summed E-state index contributed by atoms with van der Waals surface area (Å²) < 4.78 is 0. The number of aliphatic carboxylic acids is 1. The molecule has 1 rings (SSSR count). The van der Waals surface area contributed by atoms with E-state index in [1.165, 1.54) is 0 Å². The van der Waals surface area contributed by atoms with Gasteiger partial charge < -0.3 is 20.7 Å². The number of nitrogens with one attached hydrogen (secondary N) is 3. The number of carboxylic acid groups (broad SMARTS) is 1. The van der Waals surface area contributed by atoms with Gasteiger partial charge in [0.15, 0.2) is 0 Å². The molecular formula is C12H20N4O3. The molecule has 0 aromatic carbocycles. The molecule has 0 bridgehead atoms. The SMILES string of the molecule is CCC[C@@H](NC(=O)NC(CC)c1ncc[nH]1)C(=O)O. The van der Waals surface area contributed by atoms with Crippen molar-refractivity contribution in [2.24, 2.45) is 0 Å². The quantitative estimate of drug-likeness (QED) is 0.599. The fourth-order valence-electron chi connectivity index (χ4n) is 1.74. The Kier molecular flexibility index (Phi) is 5.84. The second-order valence-electron chi connectivity index (χ2n) is 4.23. The average Bonchev–Trinajstić information content (AvgIpc) is 2.89. The normalized spacial score (nSPS) is 13.6. The molecule has 0 saturated carbocycles. The number of hydrogen-bond donors (Lipinski definition) is 4. The first-order chi connectivity index (χ1) is 9.08. The van der Waals surface area contributed by atoms with Crippen molar-refractivity contribution in [3.05, 3.63) is 18.2 Å². The summed E-state index contributed by atoms with van der Waals surface area (Å²) >= 11 is 0. The summed E-state index contributed by atoms with van der Waals surface area (Å²) in [5.41, 5.74) is 0. The maximum atomic E-state index is 11.8. The molecule has 1 aromatic heterocycles. The molecule has 7 heteroatoms. The zero-order chi connectivity index (χ0) is 14.3. The lowest BCUT2D eigenvalue weighted by molar-refractivity contribution is -0.139. The van der Waals surface area contributed by atoms with Crippen LogP contribution in [0.5, 0.6) is 0 Å². The number of H-pyrrole nitrogens is 1. The van der Waals surface area contributed by atoms with Crippen LogP contribution in [0.4, 0.5) is 4.79 Å². The van der Waals surface area contributed by atoms with Crippen LogP contribution in [0.3, 0.4) is 0 Å². The molecule has 1 unspecified atom stereocenters. The van der Waals surface area contributed by atoms with Crippen LogP contribution in [0.25, 0.3) is 0 Å². The zero-order valence-corrected chi connectivity index (χ0v) is 11.1. The number of urea groups is 1. The fourth-order valence-corrected chi connectivity index (χ4v) is 1.74. The number of nitrogens with zero attached hydrogens (tertiary/aromatic N) is 1. The molecule has 7 nitrogen and oxygen atoms in total. The number of aromatic amines is 1. The Hall–Kier alpha value is -2.05. The Balaban J connectivity index is 2.55.